The van der Waals surface area contributed by atoms with Crippen LogP contribution in [0.15, 0.2) is 24.3 Å². The summed E-state index contributed by atoms with van der Waals surface area (Å²) in [6, 6.07) is 7.38. The van der Waals surface area contributed by atoms with Crippen LogP contribution >= 0.6 is 0 Å². The van der Waals surface area contributed by atoms with Crippen molar-refractivity contribution in [1.82, 2.24) is 4.90 Å². The largest absolute Gasteiger partial charge is 0.396 e. The molecule has 0 unspecified atom stereocenters. The Morgan fingerprint density at radius 2 is 1.91 bits per heavy atom. The first-order valence-electron chi connectivity index (χ1n) is 7.78. The monoisotopic (exact) mass is 304 g/mol. The van der Waals surface area contributed by atoms with E-state index in [0.29, 0.717) is 18.8 Å². The number of likely N-dealkylation sites (tertiary alicyclic amines) is 1. The smallest absolute Gasteiger partial charge is 0.313 e. The third-order valence-corrected chi connectivity index (χ3v) is 4.78. The summed E-state index contributed by atoms with van der Waals surface area (Å²) in [5, 5.41) is 12.2. The van der Waals surface area contributed by atoms with Gasteiger partial charge < -0.3 is 15.3 Å². The maximum Gasteiger partial charge on any atom is 0.313 e. The van der Waals surface area contributed by atoms with Gasteiger partial charge in [-0.25, -0.2) is 0 Å². The van der Waals surface area contributed by atoms with E-state index in [4.69, 9.17) is 0 Å². The number of aliphatic hydroxyl groups excluding tert-OH is 1. The Morgan fingerprint density at radius 3 is 2.45 bits per heavy atom. The molecule has 0 aromatic heterocycles. The van der Waals surface area contributed by atoms with Gasteiger partial charge in [0.15, 0.2) is 0 Å². The average molecular weight is 304 g/mol. The zero-order valence-electron chi connectivity index (χ0n) is 13.3. The second-order valence-electron chi connectivity index (χ2n) is 6.07. The maximum atomic E-state index is 12.3. The van der Waals surface area contributed by atoms with Gasteiger partial charge in [0.2, 0.25) is 0 Å². The summed E-state index contributed by atoms with van der Waals surface area (Å²) in [5.41, 5.74) is 1.49. The topological polar surface area (TPSA) is 69.6 Å². The Kier molecular flexibility index (Phi) is 5.19. The van der Waals surface area contributed by atoms with Crippen molar-refractivity contribution < 1.29 is 14.7 Å². The fourth-order valence-corrected chi connectivity index (χ4v) is 2.84. The highest BCUT2D eigenvalue weighted by atomic mass is 16.3. The summed E-state index contributed by atoms with van der Waals surface area (Å²) in [5.74, 6) is -1.09. The second kappa shape index (κ2) is 6.92. The molecule has 1 aliphatic rings. The van der Waals surface area contributed by atoms with E-state index in [0.717, 1.165) is 24.8 Å². The zero-order chi connectivity index (χ0) is 16.2. The van der Waals surface area contributed by atoms with Gasteiger partial charge in [0, 0.05) is 25.4 Å². The number of amides is 2. The standard InChI is InChI=1S/C17H24N2O3/c1-3-17(12-20)8-10-19(11-9-17)16(22)15(21)18-14-7-5-4-6-13(14)2/h4-7,20H,3,8-12H2,1-2H3,(H,18,21). The molecule has 0 saturated carbocycles. The highest BCUT2D eigenvalue weighted by Crippen LogP contribution is 2.34. The maximum absolute atomic E-state index is 12.3. The lowest BCUT2D eigenvalue weighted by molar-refractivity contribution is -0.145. The first-order valence-corrected chi connectivity index (χ1v) is 7.78. The van der Waals surface area contributed by atoms with Gasteiger partial charge >= 0.3 is 11.8 Å². The van der Waals surface area contributed by atoms with Gasteiger partial charge in [0.05, 0.1) is 0 Å². The number of carbonyl (C=O) groups is 2. The lowest BCUT2D eigenvalue weighted by Gasteiger charge is -2.39. The van der Waals surface area contributed by atoms with Crippen LogP contribution in [-0.4, -0.2) is 41.5 Å². The Morgan fingerprint density at radius 1 is 1.27 bits per heavy atom. The molecule has 5 nitrogen and oxygen atoms in total. The molecule has 0 aliphatic carbocycles. The predicted octanol–water partition coefficient (Wildman–Crippen LogP) is 1.94. The number of piperidine rings is 1. The SMILES string of the molecule is CCC1(CO)CCN(C(=O)C(=O)Nc2ccccc2C)CC1. The van der Waals surface area contributed by atoms with Crippen molar-refractivity contribution in [2.45, 2.75) is 33.1 Å². The van der Waals surface area contributed by atoms with Crippen molar-refractivity contribution >= 4 is 17.5 Å². The van der Waals surface area contributed by atoms with Gasteiger partial charge in [-0.05, 0) is 43.2 Å². The first kappa shape index (κ1) is 16.5. The molecule has 0 bridgehead atoms. The van der Waals surface area contributed by atoms with Crippen LogP contribution < -0.4 is 5.32 Å². The summed E-state index contributed by atoms with van der Waals surface area (Å²) in [6.45, 7) is 5.13. The molecule has 5 heteroatoms. The fourth-order valence-electron chi connectivity index (χ4n) is 2.84. The number of carbonyl (C=O) groups excluding carboxylic acids is 2. The van der Waals surface area contributed by atoms with Crippen molar-refractivity contribution in [1.29, 1.82) is 0 Å². The van der Waals surface area contributed by atoms with E-state index in [1.807, 2.05) is 25.1 Å². The molecule has 120 valence electrons. The molecule has 22 heavy (non-hydrogen) atoms. The van der Waals surface area contributed by atoms with E-state index in [1.165, 1.54) is 0 Å². The third kappa shape index (κ3) is 3.47. The van der Waals surface area contributed by atoms with Crippen LogP contribution in [0.25, 0.3) is 0 Å². The van der Waals surface area contributed by atoms with E-state index < -0.39 is 11.8 Å². The normalized spacial score (nSPS) is 17.1. The summed E-state index contributed by atoms with van der Waals surface area (Å²) in [4.78, 5) is 25.9. The molecule has 0 spiro atoms. The number of hydrogen-bond donors (Lipinski definition) is 2. The summed E-state index contributed by atoms with van der Waals surface area (Å²) in [6.07, 6.45) is 2.37. The number of nitrogens with one attached hydrogen (secondary N) is 1. The van der Waals surface area contributed by atoms with Crippen LogP contribution in [-0.2, 0) is 9.59 Å². The average Bonchev–Trinajstić information content (AvgIpc) is 2.56. The van der Waals surface area contributed by atoms with Crippen LogP contribution in [0, 0.1) is 12.3 Å². The number of para-hydroxylation sites is 1. The van der Waals surface area contributed by atoms with Crippen LogP contribution in [0.4, 0.5) is 5.69 Å². The van der Waals surface area contributed by atoms with Gasteiger partial charge in [-0.2, -0.15) is 0 Å². The predicted molar refractivity (Wildman–Crippen MR) is 85.4 cm³/mol. The summed E-state index contributed by atoms with van der Waals surface area (Å²) >= 11 is 0. The summed E-state index contributed by atoms with van der Waals surface area (Å²) < 4.78 is 0. The fraction of sp³-hybridized carbons (Fsp3) is 0.529. The van der Waals surface area contributed by atoms with Crippen LogP contribution in [0.1, 0.15) is 31.7 Å². The molecule has 0 radical (unpaired) electrons. The number of benzene rings is 1. The Labute approximate surface area is 131 Å². The number of hydrogen-bond acceptors (Lipinski definition) is 3. The minimum Gasteiger partial charge on any atom is -0.396 e. The number of nitrogens with zero attached hydrogens (tertiary/aromatic N) is 1. The molecule has 2 rings (SSSR count). The molecule has 2 amide bonds. The quantitative estimate of drug-likeness (QED) is 0.839. The van der Waals surface area contributed by atoms with E-state index in [2.05, 4.69) is 12.2 Å². The Balaban J connectivity index is 1.95. The molecule has 0 atom stereocenters. The highest BCUT2D eigenvalue weighted by Gasteiger charge is 2.35. The number of anilines is 1. The van der Waals surface area contributed by atoms with E-state index in [1.54, 1.807) is 11.0 Å². The molecule has 1 heterocycles. The van der Waals surface area contributed by atoms with Crippen molar-refractivity contribution in [3.63, 3.8) is 0 Å². The van der Waals surface area contributed by atoms with Gasteiger partial charge in [0.25, 0.3) is 0 Å². The molecular weight excluding hydrogens is 280 g/mol. The number of aryl methyl sites for hydroxylation is 1. The Bertz CT molecular complexity index is 543. The zero-order valence-corrected chi connectivity index (χ0v) is 13.3. The van der Waals surface area contributed by atoms with Gasteiger partial charge in [-0.15, -0.1) is 0 Å². The number of aliphatic hydroxyl groups is 1. The van der Waals surface area contributed by atoms with Crippen molar-refractivity contribution in [2.24, 2.45) is 5.41 Å². The Hall–Kier alpha value is -1.88. The van der Waals surface area contributed by atoms with Gasteiger partial charge in [-0.3, -0.25) is 9.59 Å². The lowest BCUT2D eigenvalue weighted by Crippen LogP contribution is -2.48. The van der Waals surface area contributed by atoms with Crippen LogP contribution in [0.5, 0.6) is 0 Å². The van der Waals surface area contributed by atoms with Crippen LogP contribution in [0.3, 0.4) is 0 Å². The third-order valence-electron chi connectivity index (χ3n) is 4.78. The molecule has 1 saturated heterocycles. The number of rotatable bonds is 3. The minimum atomic E-state index is -0.595. The molecule has 1 aromatic rings. The highest BCUT2D eigenvalue weighted by molar-refractivity contribution is 6.39. The van der Waals surface area contributed by atoms with Gasteiger partial charge in [-0.1, -0.05) is 25.1 Å². The molecule has 1 fully saturated rings. The van der Waals surface area contributed by atoms with Crippen molar-refractivity contribution in [3.05, 3.63) is 29.8 Å². The van der Waals surface area contributed by atoms with E-state index in [9.17, 15) is 14.7 Å². The van der Waals surface area contributed by atoms with Crippen LogP contribution in [0.2, 0.25) is 0 Å². The first-order chi connectivity index (χ1) is 10.5. The van der Waals surface area contributed by atoms with Gasteiger partial charge in [0.1, 0.15) is 0 Å². The van der Waals surface area contributed by atoms with E-state index >= 15 is 0 Å². The van der Waals surface area contributed by atoms with Crippen molar-refractivity contribution in [2.75, 3.05) is 25.0 Å². The molecule has 1 aromatic carbocycles. The molecule has 2 N–H and O–H groups in total. The minimum absolute atomic E-state index is 0.0940. The van der Waals surface area contributed by atoms with Crippen molar-refractivity contribution in [3.8, 4) is 0 Å². The molecular formula is C17H24N2O3. The van der Waals surface area contributed by atoms with E-state index in [-0.39, 0.29) is 12.0 Å². The lowest BCUT2D eigenvalue weighted by atomic mass is 9.77. The second-order valence-corrected chi connectivity index (χ2v) is 6.07. The molecule has 1 aliphatic heterocycles. The summed E-state index contributed by atoms with van der Waals surface area (Å²) in [7, 11) is 0.